The van der Waals surface area contributed by atoms with E-state index in [9.17, 15) is 9.18 Å². The number of hydrogen-bond acceptors (Lipinski definition) is 3. The van der Waals surface area contributed by atoms with E-state index < -0.39 is 0 Å². The summed E-state index contributed by atoms with van der Waals surface area (Å²) in [7, 11) is 0. The molecule has 4 nitrogen and oxygen atoms in total. The molecule has 0 radical (unpaired) electrons. The zero-order chi connectivity index (χ0) is 16.4. The molecule has 1 amide bonds. The number of carbonyl (C=O) groups excluding carboxylic acids is 1. The van der Waals surface area contributed by atoms with E-state index in [4.69, 9.17) is 4.42 Å². The van der Waals surface area contributed by atoms with Gasteiger partial charge in [-0.05, 0) is 36.2 Å². The van der Waals surface area contributed by atoms with Gasteiger partial charge in [-0.15, -0.1) is 0 Å². The Morgan fingerprint density at radius 2 is 2.00 bits per heavy atom. The van der Waals surface area contributed by atoms with Crippen molar-refractivity contribution in [3.63, 3.8) is 0 Å². The third-order valence-corrected chi connectivity index (χ3v) is 3.68. The Morgan fingerprint density at radius 1 is 1.26 bits per heavy atom. The Morgan fingerprint density at radius 3 is 2.74 bits per heavy atom. The highest BCUT2D eigenvalue weighted by Crippen LogP contribution is 2.24. The predicted octanol–water partition coefficient (Wildman–Crippen LogP) is 4.09. The molecule has 0 saturated heterocycles. The first kappa shape index (κ1) is 15.2. The van der Waals surface area contributed by atoms with Crippen LogP contribution >= 0.6 is 0 Å². The maximum atomic E-state index is 12.9. The maximum absolute atomic E-state index is 12.9. The highest BCUT2D eigenvalue weighted by Gasteiger charge is 2.16. The van der Waals surface area contributed by atoms with Gasteiger partial charge in [0.1, 0.15) is 11.3 Å². The lowest BCUT2D eigenvalue weighted by Gasteiger charge is -2.12. The second-order valence-corrected chi connectivity index (χ2v) is 5.61. The average Bonchev–Trinajstić information content (AvgIpc) is 2.91. The molecule has 1 unspecified atom stereocenters. The first-order chi connectivity index (χ1) is 11.0. The number of amides is 1. The third-order valence-electron chi connectivity index (χ3n) is 3.68. The van der Waals surface area contributed by atoms with Crippen LogP contribution in [-0.2, 0) is 11.2 Å². The number of nitrogens with zero attached hydrogens (tertiary/aromatic N) is 1. The van der Waals surface area contributed by atoms with Crippen LogP contribution in [0.5, 0.6) is 0 Å². The molecule has 1 aromatic heterocycles. The lowest BCUT2D eigenvalue weighted by Crippen LogP contribution is -2.22. The van der Waals surface area contributed by atoms with E-state index in [1.54, 1.807) is 25.1 Å². The highest BCUT2D eigenvalue weighted by molar-refractivity contribution is 5.99. The number of nitrogens with one attached hydrogen (secondary N) is 1. The number of carbonyl (C=O) groups is 1. The molecule has 1 heterocycles. The summed E-state index contributed by atoms with van der Waals surface area (Å²) in [6, 6.07) is 11.6. The van der Waals surface area contributed by atoms with Gasteiger partial charge in [0.2, 0.25) is 5.91 Å². The van der Waals surface area contributed by atoms with Gasteiger partial charge in [0, 0.05) is 12.8 Å². The molecule has 3 aromatic rings. The van der Waals surface area contributed by atoms with E-state index in [0.29, 0.717) is 29.1 Å². The molecule has 2 aromatic carbocycles. The minimum absolute atomic E-state index is 0.115. The van der Waals surface area contributed by atoms with Crippen molar-refractivity contribution in [2.75, 3.05) is 5.32 Å². The maximum Gasteiger partial charge on any atom is 0.227 e. The summed E-state index contributed by atoms with van der Waals surface area (Å²) in [6.07, 6.45) is 0.539. The fourth-order valence-corrected chi connectivity index (χ4v) is 2.48. The zero-order valence-corrected chi connectivity index (χ0v) is 13.0. The molecule has 3 rings (SSSR count). The van der Waals surface area contributed by atoms with Crippen molar-refractivity contribution in [3.8, 4) is 0 Å². The molecule has 23 heavy (non-hydrogen) atoms. The second-order valence-electron chi connectivity index (χ2n) is 5.61. The molecule has 5 heteroatoms. The molecule has 0 saturated carbocycles. The Labute approximate surface area is 133 Å². The lowest BCUT2D eigenvalue weighted by atomic mass is 10.0. The largest absolute Gasteiger partial charge is 0.439 e. The number of aromatic nitrogens is 1. The number of aryl methyl sites for hydroxylation is 1. The van der Waals surface area contributed by atoms with Crippen LogP contribution in [0, 0.1) is 18.7 Å². The summed E-state index contributed by atoms with van der Waals surface area (Å²) >= 11 is 0. The Balaban J connectivity index is 1.73. The molecular weight excluding hydrogens is 295 g/mol. The SMILES string of the molecule is Cc1nc2cccc(NC(=O)C(C)Cc3ccc(F)cc3)c2o1. The number of halogens is 1. The van der Waals surface area contributed by atoms with Crippen molar-refractivity contribution in [3.05, 3.63) is 59.7 Å². The van der Waals surface area contributed by atoms with Gasteiger partial charge in [-0.2, -0.15) is 0 Å². The zero-order valence-electron chi connectivity index (χ0n) is 13.0. The van der Waals surface area contributed by atoms with Crippen molar-refractivity contribution in [2.24, 2.45) is 5.92 Å². The number of benzene rings is 2. The summed E-state index contributed by atoms with van der Waals surface area (Å²) < 4.78 is 18.5. The fourth-order valence-electron chi connectivity index (χ4n) is 2.48. The molecule has 1 N–H and O–H groups in total. The normalized spacial score (nSPS) is 12.3. The van der Waals surface area contributed by atoms with Gasteiger partial charge >= 0.3 is 0 Å². The monoisotopic (exact) mass is 312 g/mol. The summed E-state index contributed by atoms with van der Waals surface area (Å²) in [5.74, 6) is -0.0881. The van der Waals surface area contributed by atoms with Gasteiger partial charge in [0.05, 0.1) is 5.69 Å². The molecule has 0 fully saturated rings. The van der Waals surface area contributed by atoms with Crippen LogP contribution in [0.4, 0.5) is 10.1 Å². The summed E-state index contributed by atoms with van der Waals surface area (Å²) in [5, 5.41) is 2.88. The summed E-state index contributed by atoms with van der Waals surface area (Å²) in [6.45, 7) is 3.60. The van der Waals surface area contributed by atoms with Crippen LogP contribution in [0.2, 0.25) is 0 Å². The molecule has 118 valence electrons. The van der Waals surface area contributed by atoms with Crippen LogP contribution < -0.4 is 5.32 Å². The van der Waals surface area contributed by atoms with Crippen LogP contribution in [0.25, 0.3) is 11.1 Å². The number of oxazole rings is 1. The lowest BCUT2D eigenvalue weighted by molar-refractivity contribution is -0.119. The topological polar surface area (TPSA) is 55.1 Å². The van der Waals surface area contributed by atoms with Crippen LogP contribution in [0.3, 0.4) is 0 Å². The number of fused-ring (bicyclic) bond motifs is 1. The van der Waals surface area contributed by atoms with Gasteiger partial charge < -0.3 is 9.73 Å². The van der Waals surface area contributed by atoms with Gasteiger partial charge in [-0.1, -0.05) is 25.1 Å². The van der Waals surface area contributed by atoms with E-state index in [1.165, 1.54) is 12.1 Å². The van der Waals surface area contributed by atoms with E-state index >= 15 is 0 Å². The van der Waals surface area contributed by atoms with E-state index in [1.807, 2.05) is 19.1 Å². The molecule has 0 aliphatic carbocycles. The third kappa shape index (κ3) is 3.39. The highest BCUT2D eigenvalue weighted by atomic mass is 19.1. The molecule has 0 bridgehead atoms. The minimum atomic E-state index is -0.279. The second kappa shape index (κ2) is 6.20. The Bertz CT molecular complexity index is 840. The molecule has 0 spiro atoms. The summed E-state index contributed by atoms with van der Waals surface area (Å²) in [4.78, 5) is 16.6. The van der Waals surface area contributed by atoms with Crippen LogP contribution in [-0.4, -0.2) is 10.9 Å². The van der Waals surface area contributed by atoms with E-state index in [0.717, 1.165) is 5.56 Å². The van der Waals surface area contributed by atoms with Crippen molar-refractivity contribution >= 4 is 22.7 Å². The quantitative estimate of drug-likeness (QED) is 0.789. The molecule has 0 aliphatic rings. The van der Waals surface area contributed by atoms with Crippen molar-refractivity contribution in [1.29, 1.82) is 0 Å². The average molecular weight is 312 g/mol. The van der Waals surface area contributed by atoms with Crippen LogP contribution in [0.1, 0.15) is 18.4 Å². The van der Waals surface area contributed by atoms with Crippen molar-refractivity contribution < 1.29 is 13.6 Å². The predicted molar refractivity (Wildman–Crippen MR) is 86.6 cm³/mol. The minimum Gasteiger partial charge on any atom is -0.439 e. The molecule has 1 atom stereocenters. The van der Waals surface area contributed by atoms with Gasteiger partial charge in [-0.3, -0.25) is 4.79 Å². The van der Waals surface area contributed by atoms with Crippen LogP contribution in [0.15, 0.2) is 46.9 Å². The van der Waals surface area contributed by atoms with Crippen molar-refractivity contribution in [1.82, 2.24) is 4.98 Å². The molecular formula is C18H17FN2O2. The first-order valence-electron chi connectivity index (χ1n) is 7.44. The van der Waals surface area contributed by atoms with Gasteiger partial charge in [0.25, 0.3) is 0 Å². The number of hydrogen-bond donors (Lipinski definition) is 1. The van der Waals surface area contributed by atoms with E-state index in [-0.39, 0.29) is 17.6 Å². The number of rotatable bonds is 4. The Hall–Kier alpha value is -2.69. The smallest absolute Gasteiger partial charge is 0.227 e. The van der Waals surface area contributed by atoms with Gasteiger partial charge in [0.15, 0.2) is 11.5 Å². The van der Waals surface area contributed by atoms with Gasteiger partial charge in [-0.25, -0.2) is 9.37 Å². The fraction of sp³-hybridized carbons (Fsp3) is 0.222. The Kier molecular flexibility index (Phi) is 4.10. The van der Waals surface area contributed by atoms with E-state index in [2.05, 4.69) is 10.3 Å². The first-order valence-corrected chi connectivity index (χ1v) is 7.44. The van der Waals surface area contributed by atoms with Crippen molar-refractivity contribution in [2.45, 2.75) is 20.3 Å². The number of anilines is 1. The number of para-hydroxylation sites is 1. The summed E-state index contributed by atoms with van der Waals surface area (Å²) in [5.41, 5.74) is 2.82. The standard InChI is InChI=1S/C18H17FN2O2/c1-11(10-13-6-8-14(19)9-7-13)18(22)21-16-5-3-4-15-17(16)23-12(2)20-15/h3-9,11H,10H2,1-2H3,(H,21,22). The molecule has 0 aliphatic heterocycles.